The Morgan fingerprint density at radius 3 is 2.67 bits per heavy atom. The van der Waals surface area contributed by atoms with Crippen LogP contribution in [0.15, 0.2) is 0 Å². The number of nitrogens with two attached hydrogens (primary N) is 1. The topological polar surface area (TPSA) is 64.3 Å². The van der Waals surface area contributed by atoms with E-state index in [4.69, 9.17) is 10.5 Å². The number of carbonyl (C=O) groups excluding carboxylic acids is 1. The van der Waals surface area contributed by atoms with E-state index in [9.17, 15) is 4.79 Å². The molecule has 18 heavy (non-hydrogen) atoms. The van der Waals surface area contributed by atoms with Gasteiger partial charge in [-0.3, -0.25) is 4.79 Å². The Balaban J connectivity index is 2.35. The van der Waals surface area contributed by atoms with Crippen LogP contribution in [0.3, 0.4) is 0 Å². The first-order valence-electron chi connectivity index (χ1n) is 6.98. The monoisotopic (exact) mass is 256 g/mol. The third-order valence-electron chi connectivity index (χ3n) is 3.88. The molecule has 0 saturated heterocycles. The van der Waals surface area contributed by atoms with Crippen molar-refractivity contribution in [2.45, 2.75) is 52.0 Å². The van der Waals surface area contributed by atoms with Gasteiger partial charge in [-0.2, -0.15) is 0 Å². The van der Waals surface area contributed by atoms with Crippen LogP contribution in [-0.2, 0) is 9.53 Å². The van der Waals surface area contributed by atoms with Gasteiger partial charge in [-0.1, -0.05) is 26.7 Å². The van der Waals surface area contributed by atoms with E-state index in [0.29, 0.717) is 6.54 Å². The number of amides is 1. The Labute approximate surface area is 111 Å². The molecular weight excluding hydrogens is 228 g/mol. The minimum atomic E-state index is 0.0111. The molecular formula is C14H28N2O2. The molecule has 0 aromatic carbocycles. The molecule has 0 aromatic rings. The first-order chi connectivity index (χ1) is 8.46. The number of methoxy groups -OCH3 is 1. The van der Waals surface area contributed by atoms with E-state index in [1.54, 1.807) is 7.11 Å². The lowest BCUT2D eigenvalue weighted by Crippen LogP contribution is -2.46. The maximum atomic E-state index is 12.1. The van der Waals surface area contributed by atoms with Crippen LogP contribution in [0.5, 0.6) is 0 Å². The Morgan fingerprint density at radius 1 is 1.39 bits per heavy atom. The molecule has 0 bridgehead atoms. The number of nitrogens with one attached hydrogen (secondary N) is 1. The van der Waals surface area contributed by atoms with Crippen LogP contribution in [-0.4, -0.2) is 32.2 Å². The molecule has 0 aromatic heterocycles. The first kappa shape index (κ1) is 15.4. The van der Waals surface area contributed by atoms with Crippen molar-refractivity contribution in [3.63, 3.8) is 0 Å². The molecule has 4 nitrogen and oxygen atoms in total. The van der Waals surface area contributed by atoms with Crippen LogP contribution in [0.25, 0.3) is 0 Å². The van der Waals surface area contributed by atoms with Gasteiger partial charge in [0.25, 0.3) is 0 Å². The van der Waals surface area contributed by atoms with Crippen molar-refractivity contribution in [2.24, 2.45) is 17.1 Å². The van der Waals surface area contributed by atoms with Gasteiger partial charge in [0.05, 0.1) is 5.92 Å². The fourth-order valence-electron chi connectivity index (χ4n) is 2.41. The van der Waals surface area contributed by atoms with Gasteiger partial charge < -0.3 is 15.8 Å². The van der Waals surface area contributed by atoms with Gasteiger partial charge in [0.15, 0.2) is 0 Å². The second-order valence-corrected chi connectivity index (χ2v) is 6.18. The largest absolute Gasteiger partial charge is 0.385 e. The van der Waals surface area contributed by atoms with Crippen molar-refractivity contribution in [2.75, 3.05) is 20.3 Å². The van der Waals surface area contributed by atoms with E-state index in [-0.39, 0.29) is 23.3 Å². The minimum Gasteiger partial charge on any atom is -0.385 e. The van der Waals surface area contributed by atoms with E-state index in [1.165, 1.54) is 0 Å². The van der Waals surface area contributed by atoms with Crippen molar-refractivity contribution < 1.29 is 9.53 Å². The molecule has 1 saturated carbocycles. The Morgan fingerprint density at radius 2 is 2.06 bits per heavy atom. The van der Waals surface area contributed by atoms with Gasteiger partial charge in [0.1, 0.15) is 0 Å². The lowest BCUT2D eigenvalue weighted by molar-refractivity contribution is -0.126. The lowest BCUT2D eigenvalue weighted by atomic mass is 9.84. The molecule has 2 unspecified atom stereocenters. The molecule has 0 aliphatic heterocycles. The first-order valence-corrected chi connectivity index (χ1v) is 6.98. The van der Waals surface area contributed by atoms with E-state index in [2.05, 4.69) is 19.2 Å². The summed E-state index contributed by atoms with van der Waals surface area (Å²) in [6, 6.07) is 0.0424. The standard InChI is InChI=1S/C14H28N2O2/c1-14(2,8-9-18-3)10-16-13(17)11-6-4-5-7-12(11)15/h11-12H,4-10,15H2,1-3H3,(H,16,17). The maximum absolute atomic E-state index is 12.1. The third kappa shape index (κ3) is 4.94. The highest BCUT2D eigenvalue weighted by molar-refractivity contribution is 5.79. The summed E-state index contributed by atoms with van der Waals surface area (Å²) in [5, 5.41) is 3.06. The highest BCUT2D eigenvalue weighted by Crippen LogP contribution is 2.24. The Bertz CT molecular complexity index is 267. The zero-order valence-electron chi connectivity index (χ0n) is 12.0. The molecule has 1 fully saturated rings. The van der Waals surface area contributed by atoms with Crippen molar-refractivity contribution in [3.05, 3.63) is 0 Å². The summed E-state index contributed by atoms with van der Waals surface area (Å²) >= 11 is 0. The van der Waals surface area contributed by atoms with Crippen LogP contribution in [0.1, 0.15) is 46.0 Å². The summed E-state index contributed by atoms with van der Waals surface area (Å²) < 4.78 is 5.09. The number of ether oxygens (including phenoxy) is 1. The number of hydrogen-bond donors (Lipinski definition) is 2. The fraction of sp³-hybridized carbons (Fsp3) is 0.929. The molecule has 1 aliphatic carbocycles. The summed E-state index contributed by atoms with van der Waals surface area (Å²) in [5.41, 5.74) is 6.09. The minimum absolute atomic E-state index is 0.0111. The highest BCUT2D eigenvalue weighted by atomic mass is 16.5. The van der Waals surface area contributed by atoms with Gasteiger partial charge in [0.2, 0.25) is 5.91 Å². The van der Waals surface area contributed by atoms with E-state index >= 15 is 0 Å². The van der Waals surface area contributed by atoms with Crippen LogP contribution < -0.4 is 11.1 Å². The molecule has 1 amide bonds. The van der Waals surface area contributed by atoms with Crippen LogP contribution in [0.2, 0.25) is 0 Å². The Hall–Kier alpha value is -0.610. The summed E-state index contributed by atoms with van der Waals surface area (Å²) in [6.07, 6.45) is 5.14. The number of hydrogen-bond acceptors (Lipinski definition) is 3. The molecule has 0 spiro atoms. The third-order valence-corrected chi connectivity index (χ3v) is 3.88. The molecule has 1 aliphatic rings. The van der Waals surface area contributed by atoms with Crippen molar-refractivity contribution in [3.8, 4) is 0 Å². The van der Waals surface area contributed by atoms with Crippen molar-refractivity contribution in [1.29, 1.82) is 0 Å². The second-order valence-electron chi connectivity index (χ2n) is 6.18. The summed E-state index contributed by atoms with van der Waals surface area (Å²) in [6.45, 7) is 5.71. The quantitative estimate of drug-likeness (QED) is 0.760. The Kier molecular flexibility index (Phi) is 6.09. The fourth-order valence-corrected chi connectivity index (χ4v) is 2.41. The smallest absolute Gasteiger partial charge is 0.224 e. The molecule has 4 heteroatoms. The van der Waals surface area contributed by atoms with Gasteiger partial charge in [-0.05, 0) is 24.7 Å². The molecule has 1 rings (SSSR count). The molecule has 3 N–H and O–H groups in total. The summed E-state index contributed by atoms with van der Waals surface area (Å²) in [7, 11) is 1.70. The van der Waals surface area contributed by atoms with E-state index < -0.39 is 0 Å². The zero-order valence-corrected chi connectivity index (χ0v) is 12.0. The van der Waals surface area contributed by atoms with E-state index in [1.807, 2.05) is 0 Å². The van der Waals surface area contributed by atoms with Crippen LogP contribution >= 0.6 is 0 Å². The zero-order chi connectivity index (χ0) is 13.6. The van der Waals surface area contributed by atoms with Gasteiger partial charge >= 0.3 is 0 Å². The number of rotatable bonds is 6. The average molecular weight is 256 g/mol. The van der Waals surface area contributed by atoms with Crippen LogP contribution in [0.4, 0.5) is 0 Å². The number of carbonyl (C=O) groups is 1. The maximum Gasteiger partial charge on any atom is 0.224 e. The lowest BCUT2D eigenvalue weighted by Gasteiger charge is -2.30. The molecule has 0 heterocycles. The predicted molar refractivity (Wildman–Crippen MR) is 73.2 cm³/mol. The molecule has 0 radical (unpaired) electrons. The summed E-state index contributed by atoms with van der Waals surface area (Å²) in [4.78, 5) is 12.1. The molecule has 2 atom stereocenters. The van der Waals surface area contributed by atoms with E-state index in [0.717, 1.165) is 38.7 Å². The van der Waals surface area contributed by atoms with Gasteiger partial charge in [-0.25, -0.2) is 0 Å². The van der Waals surface area contributed by atoms with Crippen molar-refractivity contribution in [1.82, 2.24) is 5.32 Å². The molecule has 106 valence electrons. The van der Waals surface area contributed by atoms with Crippen molar-refractivity contribution >= 4 is 5.91 Å². The predicted octanol–water partition coefficient (Wildman–Crippen LogP) is 1.68. The summed E-state index contributed by atoms with van der Waals surface area (Å²) in [5.74, 6) is 0.143. The normalized spacial score (nSPS) is 24.9. The van der Waals surface area contributed by atoms with Gasteiger partial charge in [0, 0.05) is 26.3 Å². The second kappa shape index (κ2) is 7.10. The highest BCUT2D eigenvalue weighted by Gasteiger charge is 2.29. The van der Waals surface area contributed by atoms with Crippen LogP contribution in [0, 0.1) is 11.3 Å². The van der Waals surface area contributed by atoms with Gasteiger partial charge in [-0.15, -0.1) is 0 Å². The SMILES string of the molecule is COCCC(C)(C)CNC(=O)C1CCCCC1N. The average Bonchev–Trinajstić information content (AvgIpc) is 2.34.